The summed E-state index contributed by atoms with van der Waals surface area (Å²) in [6.07, 6.45) is 0. The molecular formula is C15H19FN2O. The number of nitrogens with two attached hydrogens (primary N) is 1. The van der Waals surface area contributed by atoms with Crippen LogP contribution >= 0.6 is 0 Å². The van der Waals surface area contributed by atoms with Crippen molar-refractivity contribution in [1.82, 2.24) is 5.43 Å². The lowest BCUT2D eigenvalue weighted by molar-refractivity contribution is 0.494. The molecule has 0 amide bonds. The summed E-state index contributed by atoms with van der Waals surface area (Å²) in [5.74, 6) is 7.18. The van der Waals surface area contributed by atoms with Gasteiger partial charge in [0.1, 0.15) is 17.3 Å². The zero-order valence-corrected chi connectivity index (χ0v) is 11.7. The highest BCUT2D eigenvalue weighted by Crippen LogP contribution is 2.32. The first-order chi connectivity index (χ1) is 8.95. The number of benzene rings is 1. The van der Waals surface area contributed by atoms with E-state index in [0.29, 0.717) is 0 Å². The van der Waals surface area contributed by atoms with Crippen LogP contribution in [0.1, 0.15) is 39.8 Å². The van der Waals surface area contributed by atoms with Gasteiger partial charge in [-0.2, -0.15) is 0 Å². The second-order valence-electron chi connectivity index (χ2n) is 4.85. The van der Waals surface area contributed by atoms with Crippen molar-refractivity contribution in [3.8, 4) is 0 Å². The molecule has 1 aromatic heterocycles. The molecule has 0 fully saturated rings. The van der Waals surface area contributed by atoms with E-state index in [-0.39, 0.29) is 11.9 Å². The number of aryl methyl sites for hydroxylation is 3. The van der Waals surface area contributed by atoms with Gasteiger partial charge in [-0.25, -0.2) is 9.82 Å². The van der Waals surface area contributed by atoms with Gasteiger partial charge < -0.3 is 4.42 Å². The molecule has 1 unspecified atom stereocenters. The van der Waals surface area contributed by atoms with Crippen LogP contribution < -0.4 is 11.3 Å². The van der Waals surface area contributed by atoms with Gasteiger partial charge in [-0.3, -0.25) is 5.84 Å². The Morgan fingerprint density at radius 1 is 1.16 bits per heavy atom. The third-order valence-corrected chi connectivity index (χ3v) is 3.62. The summed E-state index contributed by atoms with van der Waals surface area (Å²) in [5.41, 5.74) is 6.72. The fraction of sp³-hybridized carbons (Fsp3) is 0.333. The molecule has 19 heavy (non-hydrogen) atoms. The van der Waals surface area contributed by atoms with Crippen molar-refractivity contribution in [2.75, 3.05) is 0 Å². The van der Waals surface area contributed by atoms with E-state index in [2.05, 4.69) is 5.43 Å². The highest BCUT2D eigenvalue weighted by Gasteiger charge is 2.23. The summed E-state index contributed by atoms with van der Waals surface area (Å²) in [7, 11) is 0. The number of furan rings is 1. The monoisotopic (exact) mass is 262 g/mol. The quantitative estimate of drug-likeness (QED) is 0.659. The molecule has 102 valence electrons. The predicted octanol–water partition coefficient (Wildman–Crippen LogP) is 3.21. The van der Waals surface area contributed by atoms with Gasteiger partial charge in [0.15, 0.2) is 0 Å². The highest BCUT2D eigenvalue weighted by molar-refractivity contribution is 5.43. The molecule has 1 atom stereocenters. The number of halogens is 1. The molecule has 0 aliphatic carbocycles. The second kappa shape index (κ2) is 5.15. The Balaban J connectivity index is 2.56. The predicted molar refractivity (Wildman–Crippen MR) is 73.2 cm³/mol. The molecule has 0 saturated heterocycles. The van der Waals surface area contributed by atoms with E-state index in [1.165, 1.54) is 12.1 Å². The minimum Gasteiger partial charge on any atom is -0.466 e. The topological polar surface area (TPSA) is 51.2 Å². The first kappa shape index (κ1) is 13.8. The lowest BCUT2D eigenvalue weighted by Gasteiger charge is -2.19. The Morgan fingerprint density at radius 2 is 1.84 bits per heavy atom. The van der Waals surface area contributed by atoms with Gasteiger partial charge in [-0.15, -0.1) is 0 Å². The van der Waals surface area contributed by atoms with E-state index in [0.717, 1.165) is 33.8 Å². The van der Waals surface area contributed by atoms with Crippen molar-refractivity contribution in [3.63, 3.8) is 0 Å². The fourth-order valence-corrected chi connectivity index (χ4v) is 2.53. The first-order valence-electron chi connectivity index (χ1n) is 6.24. The van der Waals surface area contributed by atoms with Gasteiger partial charge in [-0.1, -0.05) is 6.07 Å². The van der Waals surface area contributed by atoms with Crippen LogP contribution in [0.2, 0.25) is 0 Å². The van der Waals surface area contributed by atoms with E-state index in [9.17, 15) is 4.39 Å². The third kappa shape index (κ3) is 2.41. The normalized spacial score (nSPS) is 12.7. The average Bonchev–Trinajstić information content (AvgIpc) is 2.59. The molecule has 0 radical (unpaired) electrons. The van der Waals surface area contributed by atoms with Crippen LogP contribution in [0.25, 0.3) is 0 Å². The van der Waals surface area contributed by atoms with Crippen LogP contribution in [0.4, 0.5) is 4.39 Å². The van der Waals surface area contributed by atoms with Crippen LogP contribution in [-0.4, -0.2) is 0 Å². The number of hydrazine groups is 1. The van der Waals surface area contributed by atoms with Gasteiger partial charge in [0.05, 0.1) is 6.04 Å². The lowest BCUT2D eigenvalue weighted by Crippen LogP contribution is -2.30. The van der Waals surface area contributed by atoms with Crippen molar-refractivity contribution >= 4 is 0 Å². The van der Waals surface area contributed by atoms with Crippen molar-refractivity contribution in [3.05, 3.63) is 57.8 Å². The van der Waals surface area contributed by atoms with Gasteiger partial charge in [-0.05, 0) is 56.5 Å². The maximum Gasteiger partial charge on any atom is 0.123 e. The lowest BCUT2D eigenvalue weighted by atomic mass is 9.93. The Labute approximate surface area is 112 Å². The molecule has 2 aromatic rings. The summed E-state index contributed by atoms with van der Waals surface area (Å²) in [6.45, 7) is 7.72. The minimum absolute atomic E-state index is 0.196. The second-order valence-corrected chi connectivity index (χ2v) is 4.85. The molecule has 0 bridgehead atoms. The van der Waals surface area contributed by atoms with Crippen LogP contribution in [-0.2, 0) is 0 Å². The van der Waals surface area contributed by atoms with Crippen molar-refractivity contribution in [2.45, 2.75) is 33.7 Å². The first-order valence-corrected chi connectivity index (χ1v) is 6.24. The summed E-state index contributed by atoms with van der Waals surface area (Å²) in [4.78, 5) is 0. The van der Waals surface area contributed by atoms with E-state index in [1.807, 2.05) is 27.7 Å². The summed E-state index contributed by atoms with van der Waals surface area (Å²) in [6, 6.07) is 4.52. The Hall–Kier alpha value is -1.65. The smallest absolute Gasteiger partial charge is 0.123 e. The van der Waals surface area contributed by atoms with Crippen LogP contribution in [0.15, 0.2) is 22.6 Å². The maximum atomic E-state index is 13.2. The average molecular weight is 262 g/mol. The van der Waals surface area contributed by atoms with Crippen LogP contribution in [0, 0.1) is 33.5 Å². The van der Waals surface area contributed by atoms with Crippen LogP contribution in [0.5, 0.6) is 0 Å². The minimum atomic E-state index is -0.242. The van der Waals surface area contributed by atoms with Crippen molar-refractivity contribution < 1.29 is 8.81 Å². The Bertz CT molecular complexity index is 604. The van der Waals surface area contributed by atoms with Crippen LogP contribution in [0.3, 0.4) is 0 Å². The zero-order chi connectivity index (χ0) is 14.2. The summed E-state index contributed by atoms with van der Waals surface area (Å²) >= 11 is 0. The zero-order valence-electron chi connectivity index (χ0n) is 11.7. The third-order valence-electron chi connectivity index (χ3n) is 3.62. The van der Waals surface area contributed by atoms with Gasteiger partial charge >= 0.3 is 0 Å². The molecule has 0 saturated carbocycles. The van der Waals surface area contributed by atoms with Gasteiger partial charge in [0.2, 0.25) is 0 Å². The molecular weight excluding hydrogens is 243 g/mol. The molecule has 3 N–H and O–H groups in total. The van der Waals surface area contributed by atoms with Gasteiger partial charge in [0, 0.05) is 5.56 Å². The standard InChI is InChI=1S/C15H19FN2O/c1-8-7-12(16)5-6-13(8)15(18-17)14-9(2)10(3)19-11(14)4/h5-7,15,18H,17H2,1-4H3. The number of rotatable bonds is 3. The maximum absolute atomic E-state index is 13.2. The number of hydrogen-bond donors (Lipinski definition) is 2. The molecule has 1 heterocycles. The van der Waals surface area contributed by atoms with E-state index >= 15 is 0 Å². The molecule has 0 spiro atoms. The molecule has 3 nitrogen and oxygen atoms in total. The summed E-state index contributed by atoms with van der Waals surface area (Å²) in [5, 5.41) is 0. The van der Waals surface area contributed by atoms with E-state index < -0.39 is 0 Å². The Kier molecular flexibility index (Phi) is 3.73. The highest BCUT2D eigenvalue weighted by atomic mass is 19.1. The molecule has 1 aromatic carbocycles. The van der Waals surface area contributed by atoms with E-state index in [1.54, 1.807) is 6.07 Å². The van der Waals surface area contributed by atoms with Crippen molar-refractivity contribution in [2.24, 2.45) is 5.84 Å². The number of hydrogen-bond acceptors (Lipinski definition) is 3. The summed E-state index contributed by atoms with van der Waals surface area (Å²) < 4.78 is 18.9. The Morgan fingerprint density at radius 3 is 2.32 bits per heavy atom. The molecule has 4 heteroatoms. The molecule has 2 rings (SSSR count). The molecule has 0 aliphatic rings. The van der Waals surface area contributed by atoms with E-state index in [4.69, 9.17) is 10.3 Å². The number of nitrogens with one attached hydrogen (secondary N) is 1. The fourth-order valence-electron chi connectivity index (χ4n) is 2.53. The van der Waals surface area contributed by atoms with Crippen molar-refractivity contribution in [1.29, 1.82) is 0 Å². The largest absolute Gasteiger partial charge is 0.466 e. The van der Waals surface area contributed by atoms with Gasteiger partial charge in [0.25, 0.3) is 0 Å². The SMILES string of the molecule is Cc1cc(F)ccc1C(NN)c1c(C)oc(C)c1C. The molecule has 0 aliphatic heterocycles.